The van der Waals surface area contributed by atoms with Crippen molar-refractivity contribution < 1.29 is 14.3 Å². The number of nitrogens with zero attached hydrogens (tertiary/aromatic N) is 1. The van der Waals surface area contributed by atoms with Gasteiger partial charge in [-0.25, -0.2) is 4.79 Å². The van der Waals surface area contributed by atoms with Crippen LogP contribution in [0, 0.1) is 0 Å². The predicted molar refractivity (Wildman–Crippen MR) is 95.5 cm³/mol. The number of likely N-dealkylation sites (tertiary alicyclic amines) is 1. The molecule has 0 aromatic heterocycles. The molecule has 4 nitrogen and oxygen atoms in total. The molecule has 4 rings (SSSR count). The van der Waals surface area contributed by atoms with Gasteiger partial charge in [0.25, 0.3) is 0 Å². The number of Topliss-reactive ketones (excluding diaryl/α,β-unsaturated/α-hetero) is 1. The topological polar surface area (TPSA) is 46.6 Å². The van der Waals surface area contributed by atoms with Crippen molar-refractivity contribution in [3.63, 3.8) is 0 Å². The molecule has 128 valence electrons. The van der Waals surface area contributed by atoms with Gasteiger partial charge in [0.05, 0.1) is 0 Å². The van der Waals surface area contributed by atoms with Crippen LogP contribution in [0.25, 0.3) is 11.1 Å². The zero-order chi connectivity index (χ0) is 17.2. The van der Waals surface area contributed by atoms with E-state index in [-0.39, 0.29) is 17.8 Å². The van der Waals surface area contributed by atoms with Crippen molar-refractivity contribution >= 4 is 11.9 Å². The molecule has 2 aliphatic rings. The number of amides is 1. The molecule has 0 bridgehead atoms. The summed E-state index contributed by atoms with van der Waals surface area (Å²) in [6.45, 7) is 1.40. The van der Waals surface area contributed by atoms with Crippen LogP contribution in [0.2, 0.25) is 0 Å². The fraction of sp³-hybridized carbons (Fsp3) is 0.333. The summed E-state index contributed by atoms with van der Waals surface area (Å²) in [4.78, 5) is 25.6. The van der Waals surface area contributed by atoms with Gasteiger partial charge in [0.1, 0.15) is 12.4 Å². The van der Waals surface area contributed by atoms with E-state index in [0.717, 1.165) is 6.42 Å². The normalized spacial score (nSPS) is 17.0. The Hall–Kier alpha value is -2.62. The van der Waals surface area contributed by atoms with Crippen molar-refractivity contribution in [3.8, 4) is 11.1 Å². The van der Waals surface area contributed by atoms with E-state index in [9.17, 15) is 9.59 Å². The lowest BCUT2D eigenvalue weighted by atomic mass is 9.98. The molecule has 25 heavy (non-hydrogen) atoms. The van der Waals surface area contributed by atoms with Crippen LogP contribution in [0.5, 0.6) is 0 Å². The summed E-state index contributed by atoms with van der Waals surface area (Å²) in [5, 5.41) is 0. The van der Waals surface area contributed by atoms with Crippen LogP contribution in [0.3, 0.4) is 0 Å². The molecule has 1 aliphatic carbocycles. The Kier molecular flexibility index (Phi) is 4.26. The minimum atomic E-state index is -0.309. The van der Waals surface area contributed by atoms with Crippen LogP contribution in [0.1, 0.15) is 36.3 Å². The molecule has 0 saturated carbocycles. The Bertz CT molecular complexity index is 769. The zero-order valence-corrected chi connectivity index (χ0v) is 14.1. The van der Waals surface area contributed by atoms with Gasteiger partial charge in [0.2, 0.25) is 0 Å². The molecule has 0 N–H and O–H groups in total. The average molecular weight is 335 g/mol. The van der Waals surface area contributed by atoms with E-state index >= 15 is 0 Å². The van der Waals surface area contributed by atoms with E-state index < -0.39 is 0 Å². The van der Waals surface area contributed by atoms with Crippen LogP contribution in [0.4, 0.5) is 4.79 Å². The first-order valence-electron chi connectivity index (χ1n) is 8.85. The van der Waals surface area contributed by atoms with Gasteiger partial charge in [-0.3, -0.25) is 4.79 Å². The van der Waals surface area contributed by atoms with Crippen molar-refractivity contribution in [2.45, 2.75) is 25.2 Å². The Labute approximate surface area is 147 Å². The number of carbonyl (C=O) groups excluding carboxylic acids is 2. The second-order valence-electron chi connectivity index (χ2n) is 6.68. The molecular formula is C21H21NO3. The Morgan fingerprint density at radius 1 is 0.960 bits per heavy atom. The van der Waals surface area contributed by atoms with E-state index in [1.807, 2.05) is 24.3 Å². The summed E-state index contributed by atoms with van der Waals surface area (Å²) >= 11 is 0. The number of ether oxygens (including phenoxy) is 1. The smallest absolute Gasteiger partial charge is 0.409 e. The first kappa shape index (κ1) is 15.9. The van der Waals surface area contributed by atoms with E-state index in [0.29, 0.717) is 32.5 Å². The van der Waals surface area contributed by atoms with Gasteiger partial charge >= 0.3 is 6.09 Å². The Balaban J connectivity index is 1.49. The third-order valence-corrected chi connectivity index (χ3v) is 5.14. The maximum Gasteiger partial charge on any atom is 0.409 e. The number of benzene rings is 2. The summed E-state index contributed by atoms with van der Waals surface area (Å²) < 4.78 is 5.65. The van der Waals surface area contributed by atoms with Crippen molar-refractivity contribution in [2.24, 2.45) is 0 Å². The van der Waals surface area contributed by atoms with Gasteiger partial charge in [-0.2, -0.15) is 0 Å². The minimum Gasteiger partial charge on any atom is -0.448 e. The monoisotopic (exact) mass is 335 g/mol. The van der Waals surface area contributed by atoms with Crippen LogP contribution in [-0.2, 0) is 9.53 Å². The fourth-order valence-electron chi connectivity index (χ4n) is 3.83. The van der Waals surface area contributed by atoms with Crippen molar-refractivity contribution in [3.05, 3.63) is 59.7 Å². The standard InChI is InChI=1S/C21H21NO3/c23-15-6-5-12-22(13-11-15)21(24)25-14-20-18-9-3-1-7-16(18)17-8-2-4-10-19(17)20/h1-4,7-10,20H,5-6,11-14H2. The number of hydrogen-bond donors (Lipinski definition) is 0. The predicted octanol–water partition coefficient (Wildman–Crippen LogP) is 3.99. The molecule has 2 aromatic carbocycles. The highest BCUT2D eigenvalue weighted by Gasteiger charge is 2.30. The lowest BCUT2D eigenvalue weighted by molar-refractivity contribution is -0.118. The summed E-state index contributed by atoms with van der Waals surface area (Å²) in [6, 6.07) is 16.6. The minimum absolute atomic E-state index is 0.0740. The molecule has 1 fully saturated rings. The van der Waals surface area contributed by atoms with Crippen LogP contribution in [-0.4, -0.2) is 36.5 Å². The summed E-state index contributed by atoms with van der Waals surface area (Å²) in [6.07, 6.45) is 1.41. The van der Waals surface area contributed by atoms with E-state index in [1.165, 1.54) is 22.3 Å². The average Bonchev–Trinajstić information content (AvgIpc) is 2.79. The third-order valence-electron chi connectivity index (χ3n) is 5.14. The summed E-state index contributed by atoms with van der Waals surface area (Å²) in [7, 11) is 0. The lowest BCUT2D eigenvalue weighted by Crippen LogP contribution is -2.33. The van der Waals surface area contributed by atoms with Gasteiger partial charge < -0.3 is 9.64 Å². The Morgan fingerprint density at radius 2 is 1.60 bits per heavy atom. The first-order chi connectivity index (χ1) is 12.2. The molecule has 0 radical (unpaired) electrons. The molecule has 1 saturated heterocycles. The largest absolute Gasteiger partial charge is 0.448 e. The molecule has 1 heterocycles. The molecule has 0 atom stereocenters. The lowest BCUT2D eigenvalue weighted by Gasteiger charge is -2.21. The summed E-state index contributed by atoms with van der Waals surface area (Å²) in [5.74, 6) is 0.305. The fourth-order valence-corrected chi connectivity index (χ4v) is 3.83. The van der Waals surface area contributed by atoms with Crippen molar-refractivity contribution in [2.75, 3.05) is 19.7 Å². The highest BCUT2D eigenvalue weighted by Crippen LogP contribution is 2.44. The van der Waals surface area contributed by atoms with Gasteiger partial charge in [-0.05, 0) is 28.7 Å². The van der Waals surface area contributed by atoms with E-state index in [2.05, 4.69) is 24.3 Å². The molecule has 1 aliphatic heterocycles. The molecule has 4 heteroatoms. The highest BCUT2D eigenvalue weighted by molar-refractivity contribution is 5.80. The molecular weight excluding hydrogens is 314 g/mol. The number of rotatable bonds is 2. The molecule has 1 amide bonds. The second kappa shape index (κ2) is 6.71. The zero-order valence-electron chi connectivity index (χ0n) is 14.1. The number of ketones is 1. The number of hydrogen-bond acceptors (Lipinski definition) is 3. The van der Waals surface area contributed by atoms with E-state index in [1.54, 1.807) is 4.90 Å². The molecule has 0 unspecified atom stereocenters. The number of carbonyl (C=O) groups is 2. The van der Waals surface area contributed by atoms with Crippen molar-refractivity contribution in [1.29, 1.82) is 0 Å². The van der Waals surface area contributed by atoms with Crippen LogP contribution in [0.15, 0.2) is 48.5 Å². The molecule has 0 spiro atoms. The maximum absolute atomic E-state index is 12.4. The van der Waals surface area contributed by atoms with Gasteiger partial charge in [0.15, 0.2) is 0 Å². The maximum atomic E-state index is 12.4. The molecule has 2 aromatic rings. The SMILES string of the molecule is O=C1CCCN(C(=O)OCC2c3ccccc3-c3ccccc32)CC1. The highest BCUT2D eigenvalue weighted by atomic mass is 16.6. The quantitative estimate of drug-likeness (QED) is 0.834. The van der Waals surface area contributed by atoms with Gasteiger partial charge in [-0.1, -0.05) is 48.5 Å². The Morgan fingerprint density at radius 3 is 2.28 bits per heavy atom. The number of fused-ring (bicyclic) bond motifs is 3. The van der Waals surface area contributed by atoms with Gasteiger partial charge in [0, 0.05) is 31.8 Å². The summed E-state index contributed by atoms with van der Waals surface area (Å²) in [5.41, 5.74) is 4.86. The van der Waals surface area contributed by atoms with Gasteiger partial charge in [-0.15, -0.1) is 0 Å². The first-order valence-corrected chi connectivity index (χ1v) is 8.85. The second-order valence-corrected chi connectivity index (χ2v) is 6.68. The van der Waals surface area contributed by atoms with Crippen LogP contribution >= 0.6 is 0 Å². The van der Waals surface area contributed by atoms with Crippen LogP contribution < -0.4 is 0 Å². The van der Waals surface area contributed by atoms with Crippen molar-refractivity contribution in [1.82, 2.24) is 4.90 Å². The van der Waals surface area contributed by atoms with E-state index in [4.69, 9.17) is 4.74 Å². The third kappa shape index (κ3) is 3.04.